The average Bonchev–Trinajstić information content (AvgIpc) is 3.29. The van der Waals surface area contributed by atoms with Gasteiger partial charge in [0, 0.05) is 38.4 Å². The van der Waals surface area contributed by atoms with Gasteiger partial charge in [-0.3, -0.25) is 4.79 Å². The standard InChI is InChI=1S/C24H27N3O5S/c1-29-9-3-8-25-24(33)27(13-16-4-7-21-22(10-16)32-15-31-21)14-18-11-17-5-6-19(30-2)12-20(17)26-23(18)28/h4-7,10-12H,3,8-9,13-15H2,1-2H3,(H,25,33)(H,26,28). The molecule has 0 fully saturated rings. The number of pyridine rings is 1. The number of H-pyrrole nitrogens is 1. The Kier molecular flexibility index (Phi) is 7.31. The van der Waals surface area contributed by atoms with Gasteiger partial charge in [0.2, 0.25) is 6.79 Å². The van der Waals surface area contributed by atoms with Crippen LogP contribution in [0.4, 0.5) is 0 Å². The lowest BCUT2D eigenvalue weighted by atomic mass is 10.1. The number of hydrogen-bond acceptors (Lipinski definition) is 6. The van der Waals surface area contributed by atoms with E-state index in [4.69, 9.17) is 31.2 Å². The van der Waals surface area contributed by atoms with Crippen LogP contribution in [0.5, 0.6) is 17.2 Å². The first-order valence-electron chi connectivity index (χ1n) is 10.7. The van der Waals surface area contributed by atoms with Crippen LogP contribution in [0.25, 0.3) is 10.9 Å². The molecular weight excluding hydrogens is 442 g/mol. The molecule has 0 spiro atoms. The first-order chi connectivity index (χ1) is 16.1. The van der Waals surface area contributed by atoms with Gasteiger partial charge < -0.3 is 34.1 Å². The number of benzene rings is 2. The normalized spacial score (nSPS) is 12.1. The van der Waals surface area contributed by atoms with Crippen LogP contribution in [0, 0.1) is 0 Å². The van der Waals surface area contributed by atoms with Crippen molar-refractivity contribution in [3.63, 3.8) is 0 Å². The van der Waals surface area contributed by atoms with Crippen molar-refractivity contribution in [1.82, 2.24) is 15.2 Å². The van der Waals surface area contributed by atoms with Crippen LogP contribution in [-0.4, -0.2) is 49.2 Å². The summed E-state index contributed by atoms with van der Waals surface area (Å²) in [5.74, 6) is 2.13. The van der Waals surface area contributed by atoms with Crippen molar-refractivity contribution in [3.05, 3.63) is 63.9 Å². The van der Waals surface area contributed by atoms with Gasteiger partial charge >= 0.3 is 0 Å². The van der Waals surface area contributed by atoms with Gasteiger partial charge in [0.15, 0.2) is 16.6 Å². The lowest BCUT2D eigenvalue weighted by Gasteiger charge is -2.26. The predicted molar refractivity (Wildman–Crippen MR) is 130 cm³/mol. The Hall–Kier alpha value is -3.30. The fourth-order valence-corrected chi connectivity index (χ4v) is 3.89. The second-order valence-electron chi connectivity index (χ2n) is 7.70. The number of fused-ring (bicyclic) bond motifs is 2. The predicted octanol–water partition coefficient (Wildman–Crippen LogP) is 3.18. The van der Waals surface area contributed by atoms with Crippen LogP contribution in [0.1, 0.15) is 17.5 Å². The summed E-state index contributed by atoms with van der Waals surface area (Å²) in [5, 5.41) is 4.77. The molecule has 0 aliphatic carbocycles. The molecule has 2 heterocycles. The number of aromatic nitrogens is 1. The highest BCUT2D eigenvalue weighted by Gasteiger charge is 2.17. The zero-order valence-electron chi connectivity index (χ0n) is 18.7. The summed E-state index contributed by atoms with van der Waals surface area (Å²) in [6.07, 6.45) is 0.826. The molecule has 8 nitrogen and oxygen atoms in total. The van der Waals surface area contributed by atoms with Gasteiger partial charge in [0.25, 0.3) is 5.56 Å². The number of hydrogen-bond donors (Lipinski definition) is 2. The molecule has 2 N–H and O–H groups in total. The van der Waals surface area contributed by atoms with E-state index in [1.54, 1.807) is 14.2 Å². The zero-order chi connectivity index (χ0) is 23.2. The Morgan fingerprint density at radius 1 is 1.12 bits per heavy atom. The Bertz CT molecular complexity index is 1200. The Morgan fingerprint density at radius 3 is 2.79 bits per heavy atom. The van der Waals surface area contributed by atoms with E-state index in [2.05, 4.69) is 10.3 Å². The minimum Gasteiger partial charge on any atom is -0.497 e. The van der Waals surface area contributed by atoms with Gasteiger partial charge in [0.05, 0.1) is 19.2 Å². The first-order valence-corrected chi connectivity index (χ1v) is 11.1. The number of ether oxygens (including phenoxy) is 4. The summed E-state index contributed by atoms with van der Waals surface area (Å²) >= 11 is 5.68. The van der Waals surface area contributed by atoms with Crippen molar-refractivity contribution in [3.8, 4) is 17.2 Å². The van der Waals surface area contributed by atoms with E-state index in [0.717, 1.165) is 28.6 Å². The Balaban J connectivity index is 1.57. The second-order valence-corrected chi connectivity index (χ2v) is 8.09. The molecule has 0 unspecified atom stereocenters. The smallest absolute Gasteiger partial charge is 0.253 e. The van der Waals surface area contributed by atoms with Crippen LogP contribution in [-0.2, 0) is 17.8 Å². The molecule has 1 aliphatic rings. The minimum absolute atomic E-state index is 0.159. The van der Waals surface area contributed by atoms with Crippen LogP contribution in [0.15, 0.2) is 47.3 Å². The fourth-order valence-electron chi connectivity index (χ4n) is 3.66. The van der Waals surface area contributed by atoms with E-state index in [0.29, 0.717) is 48.4 Å². The van der Waals surface area contributed by atoms with Gasteiger partial charge in [-0.2, -0.15) is 0 Å². The summed E-state index contributed by atoms with van der Waals surface area (Å²) < 4.78 is 21.3. The van der Waals surface area contributed by atoms with Crippen molar-refractivity contribution in [2.24, 2.45) is 0 Å². The number of methoxy groups -OCH3 is 2. The number of thiocarbonyl (C=S) groups is 1. The van der Waals surface area contributed by atoms with Gasteiger partial charge in [-0.1, -0.05) is 6.07 Å². The third kappa shape index (κ3) is 5.55. The lowest BCUT2D eigenvalue weighted by molar-refractivity contribution is 0.174. The summed E-state index contributed by atoms with van der Waals surface area (Å²) in [6.45, 7) is 2.40. The number of nitrogens with zero attached hydrogens (tertiary/aromatic N) is 1. The summed E-state index contributed by atoms with van der Waals surface area (Å²) in [5.41, 5.74) is 2.19. The molecule has 33 heavy (non-hydrogen) atoms. The number of rotatable bonds is 9. The fraction of sp³-hybridized carbons (Fsp3) is 0.333. The summed E-state index contributed by atoms with van der Waals surface area (Å²) in [4.78, 5) is 17.8. The van der Waals surface area contributed by atoms with Crippen molar-refractivity contribution in [1.29, 1.82) is 0 Å². The van der Waals surface area contributed by atoms with E-state index in [1.165, 1.54) is 0 Å². The molecule has 0 saturated heterocycles. The SMILES string of the molecule is COCCCNC(=S)N(Cc1ccc2c(c1)OCO2)Cc1cc2ccc(OC)cc2[nH]c1=O. The lowest BCUT2D eigenvalue weighted by Crippen LogP contribution is -2.40. The van der Waals surface area contributed by atoms with Crippen LogP contribution < -0.4 is 25.1 Å². The van der Waals surface area contributed by atoms with Crippen LogP contribution in [0.3, 0.4) is 0 Å². The maximum absolute atomic E-state index is 12.9. The van der Waals surface area contributed by atoms with Crippen molar-refractivity contribution < 1.29 is 18.9 Å². The molecule has 0 bridgehead atoms. The van der Waals surface area contributed by atoms with E-state index < -0.39 is 0 Å². The monoisotopic (exact) mass is 469 g/mol. The highest BCUT2D eigenvalue weighted by molar-refractivity contribution is 7.80. The highest BCUT2D eigenvalue weighted by Crippen LogP contribution is 2.33. The quantitative estimate of drug-likeness (QED) is 0.365. The summed E-state index contributed by atoms with van der Waals surface area (Å²) in [7, 11) is 3.27. The largest absolute Gasteiger partial charge is 0.497 e. The summed E-state index contributed by atoms with van der Waals surface area (Å²) in [6, 6.07) is 13.3. The maximum Gasteiger partial charge on any atom is 0.253 e. The molecule has 4 rings (SSSR count). The second kappa shape index (κ2) is 10.5. The zero-order valence-corrected chi connectivity index (χ0v) is 19.5. The maximum atomic E-state index is 12.9. The van der Waals surface area contributed by atoms with Crippen LogP contribution in [0.2, 0.25) is 0 Å². The Labute approximate surface area is 197 Å². The molecule has 9 heteroatoms. The molecule has 1 aromatic heterocycles. The van der Waals surface area contributed by atoms with Gasteiger partial charge in [-0.25, -0.2) is 0 Å². The molecule has 3 aromatic rings. The molecule has 0 atom stereocenters. The third-order valence-corrected chi connectivity index (χ3v) is 5.79. The van der Waals surface area contributed by atoms with Crippen molar-refractivity contribution >= 4 is 28.2 Å². The molecular formula is C24H27N3O5S. The average molecular weight is 470 g/mol. The molecule has 0 saturated carbocycles. The van der Waals surface area contributed by atoms with Crippen molar-refractivity contribution in [2.45, 2.75) is 19.5 Å². The number of nitrogens with one attached hydrogen (secondary N) is 2. The van der Waals surface area contributed by atoms with E-state index in [-0.39, 0.29) is 12.4 Å². The molecule has 0 radical (unpaired) electrons. The molecule has 174 valence electrons. The van der Waals surface area contributed by atoms with E-state index in [1.807, 2.05) is 47.4 Å². The topological polar surface area (TPSA) is 85.1 Å². The minimum atomic E-state index is -0.159. The van der Waals surface area contributed by atoms with Gasteiger partial charge in [-0.05, 0) is 59.9 Å². The molecule has 2 aromatic carbocycles. The molecule has 0 amide bonds. The molecule has 1 aliphatic heterocycles. The first kappa shape index (κ1) is 22.9. The van der Waals surface area contributed by atoms with E-state index in [9.17, 15) is 4.79 Å². The van der Waals surface area contributed by atoms with Gasteiger partial charge in [-0.15, -0.1) is 0 Å². The highest BCUT2D eigenvalue weighted by atomic mass is 32.1. The van der Waals surface area contributed by atoms with Gasteiger partial charge in [0.1, 0.15) is 5.75 Å². The van der Waals surface area contributed by atoms with Crippen molar-refractivity contribution in [2.75, 3.05) is 34.2 Å². The Morgan fingerprint density at radius 2 is 1.97 bits per heavy atom. The third-order valence-electron chi connectivity index (χ3n) is 5.39. The van der Waals surface area contributed by atoms with E-state index >= 15 is 0 Å². The number of aromatic amines is 1. The van der Waals surface area contributed by atoms with Crippen LogP contribution >= 0.6 is 12.2 Å².